The summed E-state index contributed by atoms with van der Waals surface area (Å²) in [6.45, 7) is 6.02. The summed E-state index contributed by atoms with van der Waals surface area (Å²) in [5.41, 5.74) is 0.884. The fraction of sp³-hybridized carbons (Fsp3) is 0.600. The molecule has 1 aliphatic heterocycles. The molecule has 1 fully saturated rings. The standard InChI is InChI=1S/C15H21FO/c1-11(2)15(12-7-9-17-10-8-12)13-5-3-4-6-14(13)16/h3-6,11-12,15H,7-10H2,1-2H3. The second-order valence-electron chi connectivity index (χ2n) is 5.24. The molecule has 1 aromatic carbocycles. The monoisotopic (exact) mass is 236 g/mol. The van der Waals surface area contributed by atoms with Gasteiger partial charge in [0, 0.05) is 13.2 Å². The summed E-state index contributed by atoms with van der Waals surface area (Å²) < 4.78 is 19.3. The lowest BCUT2D eigenvalue weighted by molar-refractivity contribution is 0.0517. The zero-order valence-electron chi connectivity index (χ0n) is 10.7. The molecule has 2 heteroatoms. The van der Waals surface area contributed by atoms with E-state index in [2.05, 4.69) is 13.8 Å². The molecule has 2 rings (SSSR count). The Labute approximate surface area is 103 Å². The second kappa shape index (κ2) is 5.63. The van der Waals surface area contributed by atoms with Gasteiger partial charge in [0.2, 0.25) is 0 Å². The average Bonchev–Trinajstić information content (AvgIpc) is 2.33. The highest BCUT2D eigenvalue weighted by atomic mass is 19.1. The van der Waals surface area contributed by atoms with Gasteiger partial charge in [-0.2, -0.15) is 0 Å². The molecule has 0 spiro atoms. The normalized spacial score (nSPS) is 19.5. The molecule has 1 nitrogen and oxygen atoms in total. The van der Waals surface area contributed by atoms with E-state index in [4.69, 9.17) is 4.74 Å². The summed E-state index contributed by atoms with van der Waals surface area (Å²) in [6, 6.07) is 7.22. The number of hydrogen-bond donors (Lipinski definition) is 0. The van der Waals surface area contributed by atoms with Crippen LogP contribution in [0.3, 0.4) is 0 Å². The predicted octanol–water partition coefficient (Wildman–Crippen LogP) is 3.99. The zero-order chi connectivity index (χ0) is 12.3. The van der Waals surface area contributed by atoms with Crippen molar-refractivity contribution in [1.82, 2.24) is 0 Å². The Morgan fingerprint density at radius 1 is 1.18 bits per heavy atom. The van der Waals surface area contributed by atoms with Gasteiger partial charge in [0.05, 0.1) is 0 Å². The molecule has 1 atom stereocenters. The summed E-state index contributed by atoms with van der Waals surface area (Å²) in [7, 11) is 0. The first-order valence-corrected chi connectivity index (χ1v) is 6.52. The molecule has 0 bridgehead atoms. The van der Waals surface area contributed by atoms with Crippen molar-refractivity contribution in [2.24, 2.45) is 11.8 Å². The average molecular weight is 236 g/mol. The smallest absolute Gasteiger partial charge is 0.126 e. The SMILES string of the molecule is CC(C)C(c1ccccc1F)C1CCOCC1. The highest BCUT2D eigenvalue weighted by Gasteiger charge is 2.29. The Morgan fingerprint density at radius 3 is 2.41 bits per heavy atom. The first-order chi connectivity index (χ1) is 8.20. The Morgan fingerprint density at radius 2 is 1.82 bits per heavy atom. The van der Waals surface area contributed by atoms with Gasteiger partial charge in [-0.1, -0.05) is 32.0 Å². The van der Waals surface area contributed by atoms with Gasteiger partial charge >= 0.3 is 0 Å². The molecule has 1 saturated heterocycles. The van der Waals surface area contributed by atoms with Crippen molar-refractivity contribution in [3.8, 4) is 0 Å². The van der Waals surface area contributed by atoms with E-state index < -0.39 is 0 Å². The number of benzene rings is 1. The Hall–Kier alpha value is -0.890. The summed E-state index contributed by atoms with van der Waals surface area (Å²) in [6.07, 6.45) is 2.11. The van der Waals surface area contributed by atoms with Gasteiger partial charge in [-0.3, -0.25) is 0 Å². The molecule has 0 radical (unpaired) electrons. The van der Waals surface area contributed by atoms with Gasteiger partial charge in [-0.15, -0.1) is 0 Å². The maximum Gasteiger partial charge on any atom is 0.126 e. The number of rotatable bonds is 3. The van der Waals surface area contributed by atoms with Gasteiger partial charge in [-0.25, -0.2) is 4.39 Å². The van der Waals surface area contributed by atoms with E-state index in [0.717, 1.165) is 31.6 Å². The van der Waals surface area contributed by atoms with Gasteiger partial charge in [0.1, 0.15) is 5.82 Å². The summed E-state index contributed by atoms with van der Waals surface area (Å²) in [5.74, 6) is 1.29. The van der Waals surface area contributed by atoms with E-state index >= 15 is 0 Å². The van der Waals surface area contributed by atoms with E-state index in [-0.39, 0.29) is 5.82 Å². The molecule has 0 aliphatic carbocycles. The van der Waals surface area contributed by atoms with Crippen molar-refractivity contribution in [3.63, 3.8) is 0 Å². The van der Waals surface area contributed by atoms with E-state index in [1.165, 1.54) is 0 Å². The van der Waals surface area contributed by atoms with E-state index in [0.29, 0.717) is 17.8 Å². The molecule has 94 valence electrons. The quantitative estimate of drug-likeness (QED) is 0.771. The predicted molar refractivity (Wildman–Crippen MR) is 67.5 cm³/mol. The first kappa shape index (κ1) is 12.6. The van der Waals surface area contributed by atoms with Crippen molar-refractivity contribution in [1.29, 1.82) is 0 Å². The van der Waals surface area contributed by atoms with Crippen LogP contribution in [0.1, 0.15) is 38.2 Å². The minimum absolute atomic E-state index is 0.0577. The molecular weight excluding hydrogens is 215 g/mol. The van der Waals surface area contributed by atoms with E-state index in [9.17, 15) is 4.39 Å². The maximum atomic E-state index is 13.9. The molecule has 1 aliphatic rings. The topological polar surface area (TPSA) is 9.23 Å². The molecular formula is C15H21FO. The summed E-state index contributed by atoms with van der Waals surface area (Å²) in [4.78, 5) is 0. The molecule has 0 aromatic heterocycles. The molecule has 0 amide bonds. The molecule has 17 heavy (non-hydrogen) atoms. The largest absolute Gasteiger partial charge is 0.381 e. The third-order valence-corrected chi connectivity index (χ3v) is 3.76. The van der Waals surface area contributed by atoms with E-state index in [1.807, 2.05) is 12.1 Å². The van der Waals surface area contributed by atoms with Crippen molar-refractivity contribution in [2.75, 3.05) is 13.2 Å². The summed E-state index contributed by atoms with van der Waals surface area (Å²) in [5, 5.41) is 0. The Balaban J connectivity index is 2.25. The lowest BCUT2D eigenvalue weighted by Gasteiger charge is -2.33. The molecule has 1 aromatic rings. The number of hydrogen-bond acceptors (Lipinski definition) is 1. The highest BCUT2D eigenvalue weighted by Crippen LogP contribution is 2.38. The van der Waals surface area contributed by atoms with Crippen LogP contribution >= 0.6 is 0 Å². The van der Waals surface area contributed by atoms with Gasteiger partial charge in [0.25, 0.3) is 0 Å². The van der Waals surface area contributed by atoms with Crippen LogP contribution in [-0.4, -0.2) is 13.2 Å². The van der Waals surface area contributed by atoms with Crippen LogP contribution in [0, 0.1) is 17.7 Å². The van der Waals surface area contributed by atoms with Crippen molar-refractivity contribution >= 4 is 0 Å². The zero-order valence-corrected chi connectivity index (χ0v) is 10.7. The molecule has 0 saturated carbocycles. The number of halogens is 1. The van der Waals surface area contributed by atoms with Crippen LogP contribution in [0.2, 0.25) is 0 Å². The van der Waals surface area contributed by atoms with Gasteiger partial charge in [0.15, 0.2) is 0 Å². The lowest BCUT2D eigenvalue weighted by Crippen LogP contribution is -2.26. The molecule has 0 N–H and O–H groups in total. The minimum Gasteiger partial charge on any atom is -0.381 e. The maximum absolute atomic E-state index is 13.9. The first-order valence-electron chi connectivity index (χ1n) is 6.52. The van der Waals surface area contributed by atoms with Gasteiger partial charge in [-0.05, 0) is 42.2 Å². The lowest BCUT2D eigenvalue weighted by atomic mass is 9.75. The van der Waals surface area contributed by atoms with Crippen LogP contribution in [0.25, 0.3) is 0 Å². The summed E-state index contributed by atoms with van der Waals surface area (Å²) >= 11 is 0. The van der Waals surface area contributed by atoms with E-state index in [1.54, 1.807) is 12.1 Å². The fourth-order valence-electron chi connectivity index (χ4n) is 2.98. The third kappa shape index (κ3) is 2.86. The van der Waals surface area contributed by atoms with Crippen LogP contribution in [-0.2, 0) is 4.74 Å². The van der Waals surface area contributed by atoms with Crippen molar-refractivity contribution < 1.29 is 9.13 Å². The van der Waals surface area contributed by atoms with Crippen LogP contribution < -0.4 is 0 Å². The van der Waals surface area contributed by atoms with Crippen molar-refractivity contribution in [2.45, 2.75) is 32.6 Å². The minimum atomic E-state index is -0.0577. The van der Waals surface area contributed by atoms with Crippen LogP contribution in [0.4, 0.5) is 4.39 Å². The van der Waals surface area contributed by atoms with Crippen molar-refractivity contribution in [3.05, 3.63) is 35.6 Å². The molecule has 1 unspecified atom stereocenters. The highest BCUT2D eigenvalue weighted by molar-refractivity contribution is 5.23. The number of ether oxygens (including phenoxy) is 1. The van der Waals surface area contributed by atoms with Gasteiger partial charge < -0.3 is 4.74 Å². The fourth-order valence-corrected chi connectivity index (χ4v) is 2.98. The Kier molecular flexibility index (Phi) is 4.16. The second-order valence-corrected chi connectivity index (χ2v) is 5.24. The third-order valence-electron chi connectivity index (χ3n) is 3.76. The Bertz CT molecular complexity index is 356. The van der Waals surface area contributed by atoms with Crippen LogP contribution in [0.5, 0.6) is 0 Å². The van der Waals surface area contributed by atoms with Crippen LogP contribution in [0.15, 0.2) is 24.3 Å². The molecule has 1 heterocycles.